The maximum absolute atomic E-state index is 12.0. The number of nitrogens with one attached hydrogen (secondary N) is 1. The monoisotopic (exact) mass is 386 g/mol. The van der Waals surface area contributed by atoms with Crippen LogP contribution in [0.2, 0.25) is 0 Å². The molecule has 3 rings (SSSR count). The summed E-state index contributed by atoms with van der Waals surface area (Å²) in [4.78, 5) is 27.2. The molecule has 0 aliphatic carbocycles. The Morgan fingerprint density at radius 2 is 1.93 bits per heavy atom. The summed E-state index contributed by atoms with van der Waals surface area (Å²) in [6, 6.07) is 11.8. The molecular formula is C21H26N2O3S. The molecule has 1 aromatic heterocycles. The third-order valence-electron chi connectivity index (χ3n) is 4.82. The van der Waals surface area contributed by atoms with Crippen molar-refractivity contribution < 1.29 is 14.3 Å². The van der Waals surface area contributed by atoms with Crippen LogP contribution in [0.3, 0.4) is 0 Å². The maximum atomic E-state index is 12.0. The van der Waals surface area contributed by atoms with Crippen molar-refractivity contribution in [2.45, 2.75) is 32.6 Å². The van der Waals surface area contributed by atoms with Crippen LogP contribution in [0.15, 0.2) is 41.8 Å². The lowest BCUT2D eigenvalue weighted by Crippen LogP contribution is -2.32. The molecule has 1 aliphatic heterocycles. The van der Waals surface area contributed by atoms with Gasteiger partial charge in [0, 0.05) is 29.3 Å². The summed E-state index contributed by atoms with van der Waals surface area (Å²) < 4.78 is 5.05. The Hall–Kier alpha value is -2.34. The number of hydrogen-bond acceptors (Lipinski definition) is 5. The van der Waals surface area contributed by atoms with Gasteiger partial charge in [0.05, 0.1) is 6.42 Å². The van der Waals surface area contributed by atoms with Gasteiger partial charge in [0.15, 0.2) is 6.61 Å². The number of hydrogen-bond donors (Lipinski definition) is 1. The topological polar surface area (TPSA) is 58.6 Å². The lowest BCUT2D eigenvalue weighted by molar-refractivity contribution is -0.147. The number of anilines is 2. The van der Waals surface area contributed by atoms with Gasteiger partial charge in [-0.3, -0.25) is 9.59 Å². The number of benzene rings is 1. The van der Waals surface area contributed by atoms with E-state index in [2.05, 4.69) is 17.1 Å². The molecule has 0 radical (unpaired) electrons. The van der Waals surface area contributed by atoms with E-state index in [4.69, 9.17) is 4.74 Å². The number of carbonyl (C=O) groups is 2. The Kier molecular flexibility index (Phi) is 6.87. The molecule has 2 aromatic rings. The molecule has 0 atom stereocenters. The van der Waals surface area contributed by atoms with Gasteiger partial charge in [0.1, 0.15) is 0 Å². The molecule has 0 saturated carbocycles. The first kappa shape index (κ1) is 19.4. The number of nitrogens with zero attached hydrogens (tertiary/aromatic N) is 1. The zero-order valence-corrected chi connectivity index (χ0v) is 16.5. The first-order valence-corrected chi connectivity index (χ1v) is 10.3. The standard InChI is InChI=1S/C21H26N2O3S/c1-16-10-12-23(13-11-16)18-6-4-17(5-7-18)22-20(24)15-26-21(25)9-8-19-3-2-14-27-19/h2-7,14,16H,8-13,15H2,1H3,(H,22,24). The molecule has 1 aromatic carbocycles. The average molecular weight is 387 g/mol. The van der Waals surface area contributed by atoms with Crippen LogP contribution in [-0.2, 0) is 20.7 Å². The number of thiophene rings is 1. The molecule has 6 heteroatoms. The van der Waals surface area contributed by atoms with E-state index in [1.54, 1.807) is 11.3 Å². The SMILES string of the molecule is CC1CCN(c2ccc(NC(=O)COC(=O)CCc3cccs3)cc2)CC1. The Morgan fingerprint density at radius 3 is 2.59 bits per heavy atom. The minimum absolute atomic E-state index is 0.255. The van der Waals surface area contributed by atoms with Crippen molar-refractivity contribution in [1.82, 2.24) is 0 Å². The first-order chi connectivity index (χ1) is 13.1. The molecule has 2 heterocycles. The van der Waals surface area contributed by atoms with Gasteiger partial charge in [-0.2, -0.15) is 0 Å². The number of esters is 1. The van der Waals surface area contributed by atoms with Gasteiger partial charge in [-0.15, -0.1) is 11.3 Å². The summed E-state index contributed by atoms with van der Waals surface area (Å²) in [6.45, 7) is 4.20. The Bertz CT molecular complexity index is 735. The molecule has 0 bridgehead atoms. The van der Waals surface area contributed by atoms with Gasteiger partial charge in [-0.05, 0) is 60.9 Å². The Labute approximate surface area is 164 Å². The van der Waals surface area contributed by atoms with E-state index in [1.807, 2.05) is 41.8 Å². The van der Waals surface area contributed by atoms with E-state index >= 15 is 0 Å². The van der Waals surface area contributed by atoms with Crippen LogP contribution in [0.1, 0.15) is 31.1 Å². The second-order valence-electron chi connectivity index (χ2n) is 7.00. The molecular weight excluding hydrogens is 360 g/mol. The van der Waals surface area contributed by atoms with Crippen molar-refractivity contribution in [3.8, 4) is 0 Å². The predicted octanol–water partition coefficient (Wildman–Crippen LogP) is 4.10. The largest absolute Gasteiger partial charge is 0.456 e. The van der Waals surface area contributed by atoms with Crippen molar-refractivity contribution in [3.05, 3.63) is 46.7 Å². The van der Waals surface area contributed by atoms with E-state index < -0.39 is 0 Å². The summed E-state index contributed by atoms with van der Waals surface area (Å²) in [7, 11) is 0. The smallest absolute Gasteiger partial charge is 0.306 e. The van der Waals surface area contributed by atoms with Crippen molar-refractivity contribution in [1.29, 1.82) is 0 Å². The number of aryl methyl sites for hydroxylation is 1. The summed E-state index contributed by atoms with van der Waals surface area (Å²) in [5, 5.41) is 4.75. The van der Waals surface area contributed by atoms with Gasteiger partial charge in [0.25, 0.3) is 5.91 Å². The van der Waals surface area contributed by atoms with Crippen molar-refractivity contribution >= 4 is 34.6 Å². The number of piperidine rings is 1. The molecule has 0 unspecified atom stereocenters. The fourth-order valence-electron chi connectivity index (χ4n) is 3.12. The molecule has 5 nitrogen and oxygen atoms in total. The normalized spacial score (nSPS) is 14.8. The molecule has 0 spiro atoms. The lowest BCUT2D eigenvalue weighted by Gasteiger charge is -2.32. The van der Waals surface area contributed by atoms with Crippen LogP contribution in [-0.4, -0.2) is 31.6 Å². The average Bonchev–Trinajstić information content (AvgIpc) is 3.20. The second kappa shape index (κ2) is 9.55. The molecule has 1 aliphatic rings. The minimum Gasteiger partial charge on any atom is -0.456 e. The van der Waals surface area contributed by atoms with Crippen LogP contribution in [0.25, 0.3) is 0 Å². The van der Waals surface area contributed by atoms with Crippen LogP contribution in [0.4, 0.5) is 11.4 Å². The fourth-order valence-corrected chi connectivity index (χ4v) is 3.83. The van der Waals surface area contributed by atoms with E-state index in [-0.39, 0.29) is 24.9 Å². The number of carbonyl (C=O) groups excluding carboxylic acids is 2. The fraction of sp³-hybridized carbons (Fsp3) is 0.429. The summed E-state index contributed by atoms with van der Waals surface area (Å²) in [5.74, 6) is 0.125. The molecule has 1 saturated heterocycles. The zero-order valence-electron chi connectivity index (χ0n) is 15.6. The third kappa shape index (κ3) is 6.10. The van der Waals surface area contributed by atoms with Gasteiger partial charge in [0.2, 0.25) is 0 Å². The highest BCUT2D eigenvalue weighted by atomic mass is 32.1. The summed E-state index contributed by atoms with van der Waals surface area (Å²) in [5.41, 5.74) is 1.89. The number of amides is 1. The van der Waals surface area contributed by atoms with Crippen LogP contribution >= 0.6 is 11.3 Å². The predicted molar refractivity (Wildman–Crippen MR) is 109 cm³/mol. The van der Waals surface area contributed by atoms with Crippen molar-refractivity contribution in [3.63, 3.8) is 0 Å². The van der Waals surface area contributed by atoms with Gasteiger partial charge >= 0.3 is 5.97 Å². The van der Waals surface area contributed by atoms with E-state index in [0.717, 1.165) is 23.9 Å². The highest BCUT2D eigenvalue weighted by Gasteiger charge is 2.16. The van der Waals surface area contributed by atoms with Crippen molar-refractivity contribution in [2.75, 3.05) is 29.9 Å². The molecule has 144 valence electrons. The Balaban J connectivity index is 1.39. The molecule has 27 heavy (non-hydrogen) atoms. The van der Waals surface area contributed by atoms with E-state index in [9.17, 15) is 9.59 Å². The van der Waals surface area contributed by atoms with Gasteiger partial charge in [-0.25, -0.2) is 0 Å². The van der Waals surface area contributed by atoms with E-state index in [1.165, 1.54) is 18.5 Å². The third-order valence-corrected chi connectivity index (χ3v) is 5.76. The van der Waals surface area contributed by atoms with Gasteiger partial charge in [-0.1, -0.05) is 13.0 Å². The molecule has 1 amide bonds. The van der Waals surface area contributed by atoms with Gasteiger partial charge < -0.3 is 15.0 Å². The number of ether oxygens (including phenoxy) is 1. The van der Waals surface area contributed by atoms with Crippen LogP contribution < -0.4 is 10.2 Å². The lowest BCUT2D eigenvalue weighted by atomic mass is 9.99. The summed E-state index contributed by atoms with van der Waals surface area (Å²) in [6.07, 6.45) is 3.37. The zero-order chi connectivity index (χ0) is 19.1. The van der Waals surface area contributed by atoms with Crippen LogP contribution in [0, 0.1) is 5.92 Å². The Morgan fingerprint density at radius 1 is 1.19 bits per heavy atom. The maximum Gasteiger partial charge on any atom is 0.306 e. The molecule has 1 N–H and O–H groups in total. The summed E-state index contributed by atoms with van der Waals surface area (Å²) >= 11 is 1.61. The first-order valence-electron chi connectivity index (χ1n) is 9.43. The highest BCUT2D eigenvalue weighted by Crippen LogP contribution is 2.24. The van der Waals surface area contributed by atoms with Crippen molar-refractivity contribution in [2.24, 2.45) is 5.92 Å². The number of rotatable bonds is 7. The van der Waals surface area contributed by atoms with E-state index in [0.29, 0.717) is 12.1 Å². The molecule has 1 fully saturated rings. The minimum atomic E-state index is -0.353. The quantitative estimate of drug-likeness (QED) is 0.728. The second-order valence-corrected chi connectivity index (χ2v) is 8.04. The highest BCUT2D eigenvalue weighted by molar-refractivity contribution is 7.09. The van der Waals surface area contributed by atoms with Crippen LogP contribution in [0.5, 0.6) is 0 Å².